The van der Waals surface area contributed by atoms with E-state index in [-0.39, 0.29) is 6.10 Å². The smallest absolute Gasteiger partial charge is 0.213 e. The Morgan fingerprint density at radius 3 is 2.70 bits per heavy atom. The molecule has 1 fully saturated rings. The summed E-state index contributed by atoms with van der Waals surface area (Å²) in [5, 5.41) is 1.47. The maximum absolute atomic E-state index is 6.25. The van der Waals surface area contributed by atoms with Crippen molar-refractivity contribution >= 4 is 23.2 Å². The molecular formula is C25H28Cl2N2O. The first-order valence-corrected chi connectivity index (χ1v) is 11.4. The van der Waals surface area contributed by atoms with Crippen LogP contribution in [0.2, 0.25) is 5.02 Å². The Bertz CT molecular complexity index is 882. The number of piperidine rings is 1. The Morgan fingerprint density at radius 1 is 1.17 bits per heavy atom. The summed E-state index contributed by atoms with van der Waals surface area (Å²) in [6.07, 6.45) is 10.3. The quantitative estimate of drug-likeness (QED) is 0.521. The second kappa shape index (κ2) is 10.00. The van der Waals surface area contributed by atoms with E-state index < -0.39 is 0 Å². The fraction of sp³-hybridized carbons (Fsp3) is 0.400. The zero-order valence-corrected chi connectivity index (χ0v) is 18.8. The highest BCUT2D eigenvalue weighted by Crippen LogP contribution is 2.38. The first-order chi connectivity index (χ1) is 14.6. The molecule has 0 radical (unpaired) electrons. The Labute approximate surface area is 189 Å². The van der Waals surface area contributed by atoms with Crippen LogP contribution in [0.3, 0.4) is 0 Å². The molecule has 4 rings (SSSR count). The zero-order chi connectivity index (χ0) is 20.9. The van der Waals surface area contributed by atoms with Crippen LogP contribution in [0, 0.1) is 17.8 Å². The van der Waals surface area contributed by atoms with Gasteiger partial charge in [-0.1, -0.05) is 65.7 Å². The maximum atomic E-state index is 6.25. The molecule has 0 N–H and O–H groups in total. The van der Waals surface area contributed by atoms with Gasteiger partial charge in [-0.25, -0.2) is 4.98 Å². The van der Waals surface area contributed by atoms with Gasteiger partial charge in [-0.2, -0.15) is 0 Å². The van der Waals surface area contributed by atoms with Crippen molar-refractivity contribution in [2.75, 3.05) is 13.1 Å². The van der Waals surface area contributed by atoms with Crippen LogP contribution < -0.4 is 4.74 Å². The van der Waals surface area contributed by atoms with Gasteiger partial charge in [0, 0.05) is 36.3 Å². The van der Waals surface area contributed by atoms with Crippen LogP contribution in [0.15, 0.2) is 71.9 Å². The number of halogens is 2. The molecule has 1 unspecified atom stereocenters. The second-order valence-corrected chi connectivity index (χ2v) is 9.20. The summed E-state index contributed by atoms with van der Waals surface area (Å²) in [6.45, 7) is 5.30. The highest BCUT2D eigenvalue weighted by Gasteiger charge is 2.38. The Kier molecular flexibility index (Phi) is 7.14. The Hall–Kier alpha value is -1.81. The first-order valence-electron chi connectivity index (χ1n) is 10.7. The summed E-state index contributed by atoms with van der Waals surface area (Å²) < 4.78 is 6.25. The van der Waals surface area contributed by atoms with Gasteiger partial charge in [0.05, 0.1) is 5.02 Å². The summed E-state index contributed by atoms with van der Waals surface area (Å²) in [5.74, 6) is 2.07. The fourth-order valence-corrected chi connectivity index (χ4v) is 5.00. The predicted molar refractivity (Wildman–Crippen MR) is 124 cm³/mol. The number of ether oxygens (including phenoxy) is 1. The number of allylic oxidation sites excluding steroid dienone is 4. The molecule has 2 aliphatic rings. The van der Waals surface area contributed by atoms with Crippen LogP contribution >= 0.6 is 23.2 Å². The minimum Gasteiger partial charge on any atom is -0.474 e. The van der Waals surface area contributed by atoms with Crippen LogP contribution in [-0.2, 0) is 6.54 Å². The number of hydrogen-bond acceptors (Lipinski definition) is 3. The SMILES string of the molecule is C[C@H](Oc1ccc(Cl)cn1)[C@H]1CCN(Cc2ccccc2)C[C@@H]1C1C=CC(Cl)=CC1. The normalized spacial score (nSPS) is 25.6. The van der Waals surface area contributed by atoms with Crippen molar-refractivity contribution in [3.05, 3.63) is 82.5 Å². The highest BCUT2D eigenvalue weighted by atomic mass is 35.5. The molecule has 1 aliphatic carbocycles. The molecule has 1 aliphatic heterocycles. The lowest BCUT2D eigenvalue weighted by atomic mass is 9.72. The molecule has 30 heavy (non-hydrogen) atoms. The molecule has 1 aromatic heterocycles. The minimum absolute atomic E-state index is 0.0809. The number of likely N-dealkylation sites (tertiary alicyclic amines) is 1. The van der Waals surface area contributed by atoms with Crippen molar-refractivity contribution in [1.29, 1.82) is 0 Å². The van der Waals surface area contributed by atoms with Crippen LogP contribution in [0.25, 0.3) is 0 Å². The summed E-state index contributed by atoms with van der Waals surface area (Å²) >= 11 is 12.2. The molecule has 158 valence electrons. The highest BCUT2D eigenvalue weighted by molar-refractivity contribution is 6.31. The zero-order valence-electron chi connectivity index (χ0n) is 17.3. The summed E-state index contributed by atoms with van der Waals surface area (Å²) in [4.78, 5) is 6.91. The van der Waals surface area contributed by atoms with Gasteiger partial charge in [-0.3, -0.25) is 4.90 Å². The molecule has 1 aromatic carbocycles. The maximum Gasteiger partial charge on any atom is 0.213 e. The molecule has 2 heterocycles. The number of rotatable bonds is 6. The fourth-order valence-electron chi connectivity index (χ4n) is 4.73. The van der Waals surface area contributed by atoms with Gasteiger partial charge in [-0.15, -0.1) is 0 Å². The number of pyridine rings is 1. The second-order valence-electron chi connectivity index (χ2n) is 8.32. The summed E-state index contributed by atoms with van der Waals surface area (Å²) in [6, 6.07) is 14.4. The lowest BCUT2D eigenvalue weighted by molar-refractivity contribution is 0.0180. The third kappa shape index (κ3) is 5.46. The lowest BCUT2D eigenvalue weighted by Gasteiger charge is -2.44. The predicted octanol–water partition coefficient (Wildman–Crippen LogP) is 6.34. The molecule has 1 saturated heterocycles. The van der Waals surface area contributed by atoms with Gasteiger partial charge < -0.3 is 4.74 Å². The van der Waals surface area contributed by atoms with E-state index in [1.165, 1.54) is 5.56 Å². The summed E-state index contributed by atoms with van der Waals surface area (Å²) in [5.41, 5.74) is 1.37. The van der Waals surface area contributed by atoms with Crippen LogP contribution in [0.5, 0.6) is 5.88 Å². The summed E-state index contributed by atoms with van der Waals surface area (Å²) in [7, 11) is 0. The van der Waals surface area contributed by atoms with E-state index in [4.69, 9.17) is 27.9 Å². The van der Waals surface area contributed by atoms with Crippen molar-refractivity contribution in [3.63, 3.8) is 0 Å². The van der Waals surface area contributed by atoms with E-state index in [0.29, 0.717) is 28.7 Å². The minimum atomic E-state index is 0.0809. The van der Waals surface area contributed by atoms with E-state index in [1.807, 2.05) is 12.1 Å². The molecule has 0 spiro atoms. The Morgan fingerprint density at radius 2 is 2.00 bits per heavy atom. The van der Waals surface area contributed by atoms with E-state index in [9.17, 15) is 0 Å². The third-order valence-corrected chi connectivity index (χ3v) is 6.80. The van der Waals surface area contributed by atoms with Gasteiger partial charge in [0.2, 0.25) is 5.88 Å². The Balaban J connectivity index is 1.48. The van der Waals surface area contributed by atoms with Crippen molar-refractivity contribution in [2.45, 2.75) is 32.4 Å². The van der Waals surface area contributed by atoms with Crippen LogP contribution in [0.1, 0.15) is 25.3 Å². The molecule has 0 bridgehead atoms. The average molecular weight is 443 g/mol. The van der Waals surface area contributed by atoms with Gasteiger partial charge in [0.15, 0.2) is 0 Å². The van der Waals surface area contributed by atoms with Crippen LogP contribution in [-0.4, -0.2) is 29.1 Å². The van der Waals surface area contributed by atoms with Crippen molar-refractivity contribution in [2.24, 2.45) is 17.8 Å². The van der Waals surface area contributed by atoms with Crippen molar-refractivity contribution in [3.8, 4) is 5.88 Å². The lowest BCUT2D eigenvalue weighted by Crippen LogP contribution is -2.47. The molecule has 0 amide bonds. The molecule has 3 nitrogen and oxygen atoms in total. The van der Waals surface area contributed by atoms with Gasteiger partial charge in [0.25, 0.3) is 0 Å². The number of hydrogen-bond donors (Lipinski definition) is 0. The largest absolute Gasteiger partial charge is 0.474 e. The van der Waals surface area contributed by atoms with Gasteiger partial charge in [-0.05, 0) is 55.9 Å². The molecule has 4 atom stereocenters. The van der Waals surface area contributed by atoms with E-state index >= 15 is 0 Å². The van der Waals surface area contributed by atoms with Crippen molar-refractivity contribution in [1.82, 2.24) is 9.88 Å². The molecule has 2 aromatic rings. The van der Waals surface area contributed by atoms with E-state index in [1.54, 1.807) is 6.20 Å². The van der Waals surface area contributed by atoms with E-state index in [0.717, 1.165) is 37.5 Å². The van der Waals surface area contributed by atoms with Crippen LogP contribution in [0.4, 0.5) is 0 Å². The number of aromatic nitrogens is 1. The topological polar surface area (TPSA) is 25.4 Å². The number of benzene rings is 1. The van der Waals surface area contributed by atoms with Crippen molar-refractivity contribution < 1.29 is 4.74 Å². The molecule has 0 saturated carbocycles. The van der Waals surface area contributed by atoms with Gasteiger partial charge in [0.1, 0.15) is 6.10 Å². The van der Waals surface area contributed by atoms with Gasteiger partial charge >= 0.3 is 0 Å². The first kappa shape index (κ1) is 21.4. The molecule has 5 heteroatoms. The van der Waals surface area contributed by atoms with E-state index in [2.05, 4.69) is 65.4 Å². The number of nitrogens with zero attached hydrogens (tertiary/aromatic N) is 2. The standard InChI is InChI=1S/C25H28Cl2N2O/c1-18(30-25-12-11-22(27)15-28-25)23-13-14-29(16-19-5-3-2-4-6-19)17-24(23)20-7-9-21(26)10-8-20/h2-7,9-12,15,18,20,23-24H,8,13-14,16-17H2,1H3/t18-,20?,23+,24+/m0/s1. The monoisotopic (exact) mass is 442 g/mol. The molecular weight excluding hydrogens is 415 g/mol. The third-order valence-electron chi connectivity index (χ3n) is 6.29. The average Bonchev–Trinajstić information content (AvgIpc) is 2.76.